The highest BCUT2D eigenvalue weighted by Gasteiger charge is 2.07. The van der Waals surface area contributed by atoms with Gasteiger partial charge in [0.1, 0.15) is 25.5 Å². The van der Waals surface area contributed by atoms with Crippen molar-refractivity contribution < 1.29 is 14.3 Å². The molecule has 0 aliphatic carbocycles. The number of halogens is 1. The number of aromatic nitrogens is 1. The van der Waals surface area contributed by atoms with Crippen LogP contribution in [0.5, 0.6) is 5.75 Å². The van der Waals surface area contributed by atoms with E-state index in [-0.39, 0.29) is 19.1 Å². The maximum absolute atomic E-state index is 11.9. The molecule has 3 aromatic rings. The first kappa shape index (κ1) is 15.6. The summed E-state index contributed by atoms with van der Waals surface area (Å²) in [6.07, 6.45) is 1.89. The van der Waals surface area contributed by atoms with Gasteiger partial charge in [-0.3, -0.25) is 4.79 Å². The number of benzene rings is 2. The molecule has 118 valence electrons. The Morgan fingerprint density at radius 1 is 1.04 bits per heavy atom. The van der Waals surface area contributed by atoms with E-state index in [0.29, 0.717) is 6.61 Å². The molecule has 0 spiro atoms. The van der Waals surface area contributed by atoms with Gasteiger partial charge >= 0.3 is 5.97 Å². The molecule has 0 unspecified atom stereocenters. The molecule has 0 saturated carbocycles. The molecule has 0 atom stereocenters. The predicted molar refractivity (Wildman–Crippen MR) is 92.5 cm³/mol. The number of hydrogen-bond donors (Lipinski definition) is 0. The standard InChI is InChI=1S/C18H16BrNO3/c19-15-6-7-17-14(12-15)8-9-20(17)13-18(21)23-11-10-22-16-4-2-1-3-5-16/h1-9,12H,10-11,13H2. The Kier molecular flexibility index (Phi) is 4.98. The molecule has 0 fully saturated rings. The number of fused-ring (bicyclic) bond motifs is 1. The summed E-state index contributed by atoms with van der Waals surface area (Å²) < 4.78 is 13.6. The molecule has 1 heterocycles. The van der Waals surface area contributed by atoms with Crippen molar-refractivity contribution in [3.05, 3.63) is 65.3 Å². The molecule has 0 radical (unpaired) electrons. The van der Waals surface area contributed by atoms with Crippen molar-refractivity contribution in [1.29, 1.82) is 0 Å². The second-order valence-corrected chi connectivity index (χ2v) is 5.94. The van der Waals surface area contributed by atoms with E-state index in [1.165, 1.54) is 0 Å². The summed E-state index contributed by atoms with van der Waals surface area (Å²) in [5.74, 6) is 0.493. The molecule has 0 bridgehead atoms. The molecule has 23 heavy (non-hydrogen) atoms. The molecule has 0 saturated heterocycles. The van der Waals surface area contributed by atoms with Gasteiger partial charge in [-0.2, -0.15) is 0 Å². The molecule has 1 aromatic heterocycles. The fourth-order valence-electron chi connectivity index (χ4n) is 2.33. The van der Waals surface area contributed by atoms with Gasteiger partial charge in [0.15, 0.2) is 0 Å². The van der Waals surface area contributed by atoms with E-state index >= 15 is 0 Å². The Hall–Kier alpha value is -2.27. The summed E-state index contributed by atoms with van der Waals surface area (Å²) in [6, 6.07) is 17.4. The number of carbonyl (C=O) groups is 1. The van der Waals surface area contributed by atoms with Gasteiger partial charge in [0.05, 0.1) is 0 Å². The highest BCUT2D eigenvalue weighted by atomic mass is 79.9. The average molecular weight is 374 g/mol. The number of esters is 1. The third kappa shape index (κ3) is 4.13. The summed E-state index contributed by atoms with van der Waals surface area (Å²) in [7, 11) is 0. The molecule has 0 aliphatic heterocycles. The molecule has 5 heteroatoms. The van der Waals surface area contributed by atoms with Crippen LogP contribution in [-0.4, -0.2) is 23.8 Å². The van der Waals surface area contributed by atoms with Crippen molar-refractivity contribution in [2.75, 3.05) is 13.2 Å². The summed E-state index contributed by atoms with van der Waals surface area (Å²) >= 11 is 3.44. The lowest BCUT2D eigenvalue weighted by atomic mass is 10.2. The summed E-state index contributed by atoms with van der Waals surface area (Å²) in [4.78, 5) is 11.9. The molecule has 4 nitrogen and oxygen atoms in total. The van der Waals surface area contributed by atoms with Crippen molar-refractivity contribution >= 4 is 32.8 Å². The van der Waals surface area contributed by atoms with E-state index in [1.54, 1.807) is 0 Å². The van der Waals surface area contributed by atoms with Gasteiger partial charge in [0.2, 0.25) is 0 Å². The fraction of sp³-hybridized carbons (Fsp3) is 0.167. The van der Waals surface area contributed by atoms with Crippen LogP contribution in [0.4, 0.5) is 0 Å². The van der Waals surface area contributed by atoms with E-state index in [1.807, 2.05) is 65.4 Å². The molecule has 0 N–H and O–H groups in total. The largest absolute Gasteiger partial charge is 0.490 e. The minimum absolute atomic E-state index is 0.191. The monoisotopic (exact) mass is 373 g/mol. The molecular formula is C18H16BrNO3. The van der Waals surface area contributed by atoms with Crippen LogP contribution in [0.1, 0.15) is 0 Å². The Labute approximate surface area is 142 Å². The Morgan fingerprint density at radius 3 is 2.70 bits per heavy atom. The summed E-state index contributed by atoms with van der Waals surface area (Å²) in [6.45, 7) is 0.768. The van der Waals surface area contributed by atoms with E-state index in [2.05, 4.69) is 15.9 Å². The lowest BCUT2D eigenvalue weighted by Gasteiger charge is -2.08. The molecule has 2 aromatic carbocycles. The van der Waals surface area contributed by atoms with Gasteiger partial charge in [0.25, 0.3) is 0 Å². The van der Waals surface area contributed by atoms with Crippen LogP contribution in [0.2, 0.25) is 0 Å². The van der Waals surface area contributed by atoms with Gasteiger partial charge in [0, 0.05) is 21.6 Å². The van der Waals surface area contributed by atoms with Crippen LogP contribution in [-0.2, 0) is 16.1 Å². The van der Waals surface area contributed by atoms with Gasteiger partial charge in [-0.05, 0) is 36.4 Å². The Balaban J connectivity index is 1.49. The number of para-hydroxylation sites is 1. The predicted octanol–water partition coefficient (Wildman–Crippen LogP) is 4.03. The van der Waals surface area contributed by atoms with Gasteiger partial charge in [-0.15, -0.1) is 0 Å². The second kappa shape index (κ2) is 7.33. The van der Waals surface area contributed by atoms with Crippen LogP contribution in [0.25, 0.3) is 10.9 Å². The van der Waals surface area contributed by atoms with Crippen LogP contribution < -0.4 is 4.74 Å². The quantitative estimate of drug-likeness (QED) is 0.483. The van der Waals surface area contributed by atoms with Crippen molar-refractivity contribution in [1.82, 2.24) is 4.57 Å². The van der Waals surface area contributed by atoms with Crippen molar-refractivity contribution in [2.45, 2.75) is 6.54 Å². The molecule has 0 amide bonds. The third-order valence-electron chi connectivity index (χ3n) is 3.39. The van der Waals surface area contributed by atoms with Crippen LogP contribution in [0.3, 0.4) is 0 Å². The average Bonchev–Trinajstić information content (AvgIpc) is 2.94. The first-order valence-electron chi connectivity index (χ1n) is 7.30. The molecular weight excluding hydrogens is 358 g/mol. The Bertz CT molecular complexity index is 798. The number of rotatable bonds is 6. The zero-order valence-corrected chi connectivity index (χ0v) is 14.0. The number of hydrogen-bond acceptors (Lipinski definition) is 3. The minimum atomic E-state index is -0.276. The first-order chi connectivity index (χ1) is 11.2. The zero-order chi connectivity index (χ0) is 16.1. The molecule has 3 rings (SSSR count). The van der Waals surface area contributed by atoms with E-state index in [0.717, 1.165) is 21.1 Å². The first-order valence-corrected chi connectivity index (χ1v) is 8.09. The van der Waals surface area contributed by atoms with Crippen LogP contribution in [0.15, 0.2) is 65.3 Å². The van der Waals surface area contributed by atoms with E-state index in [4.69, 9.17) is 9.47 Å². The van der Waals surface area contributed by atoms with Crippen LogP contribution >= 0.6 is 15.9 Å². The SMILES string of the molecule is O=C(Cn1ccc2cc(Br)ccc21)OCCOc1ccccc1. The van der Waals surface area contributed by atoms with Crippen molar-refractivity contribution in [2.24, 2.45) is 0 Å². The highest BCUT2D eigenvalue weighted by Crippen LogP contribution is 2.20. The normalized spacial score (nSPS) is 10.7. The van der Waals surface area contributed by atoms with Crippen LogP contribution in [0, 0.1) is 0 Å². The maximum Gasteiger partial charge on any atom is 0.326 e. The Morgan fingerprint density at radius 2 is 1.87 bits per heavy atom. The fourth-order valence-corrected chi connectivity index (χ4v) is 2.70. The number of ether oxygens (including phenoxy) is 2. The van der Waals surface area contributed by atoms with Crippen molar-refractivity contribution in [3.63, 3.8) is 0 Å². The number of carbonyl (C=O) groups excluding carboxylic acids is 1. The van der Waals surface area contributed by atoms with E-state index < -0.39 is 0 Å². The lowest BCUT2D eigenvalue weighted by molar-refractivity contribution is -0.145. The summed E-state index contributed by atoms with van der Waals surface area (Å²) in [5, 5.41) is 1.08. The molecule has 0 aliphatic rings. The second-order valence-electron chi connectivity index (χ2n) is 5.03. The van der Waals surface area contributed by atoms with E-state index in [9.17, 15) is 4.79 Å². The van der Waals surface area contributed by atoms with Crippen molar-refractivity contribution in [3.8, 4) is 5.75 Å². The third-order valence-corrected chi connectivity index (χ3v) is 3.88. The smallest absolute Gasteiger partial charge is 0.326 e. The zero-order valence-electron chi connectivity index (χ0n) is 12.4. The van der Waals surface area contributed by atoms with Gasteiger partial charge in [-0.25, -0.2) is 0 Å². The lowest BCUT2D eigenvalue weighted by Crippen LogP contribution is -2.16. The van der Waals surface area contributed by atoms with Gasteiger partial charge in [-0.1, -0.05) is 34.1 Å². The minimum Gasteiger partial charge on any atom is -0.490 e. The van der Waals surface area contributed by atoms with Gasteiger partial charge < -0.3 is 14.0 Å². The number of nitrogens with zero attached hydrogens (tertiary/aromatic N) is 1. The highest BCUT2D eigenvalue weighted by molar-refractivity contribution is 9.10. The maximum atomic E-state index is 11.9. The summed E-state index contributed by atoms with van der Waals surface area (Å²) in [5.41, 5.74) is 1.01. The topological polar surface area (TPSA) is 40.5 Å².